The Morgan fingerprint density at radius 2 is 2.21 bits per heavy atom. The summed E-state index contributed by atoms with van der Waals surface area (Å²) in [6, 6.07) is 3.79. The molecule has 0 saturated carbocycles. The Morgan fingerprint density at radius 3 is 2.79 bits per heavy atom. The van der Waals surface area contributed by atoms with Gasteiger partial charge in [0.05, 0.1) is 18.4 Å². The fourth-order valence-electron chi connectivity index (χ4n) is 1.82. The molecule has 0 unspecified atom stereocenters. The lowest BCUT2D eigenvalue weighted by molar-refractivity contribution is -0.154. The maximum absolute atomic E-state index is 12.0. The van der Waals surface area contributed by atoms with Crippen molar-refractivity contribution < 1.29 is 22.7 Å². The number of carbonyl (C=O) groups excluding carboxylic acids is 1. The lowest BCUT2D eigenvalue weighted by atomic mass is 10.3. The Bertz CT molecular complexity index is 643. The molecule has 2 aromatic heterocycles. The Morgan fingerprint density at radius 1 is 1.42 bits per heavy atom. The molecule has 2 heterocycles. The van der Waals surface area contributed by atoms with Gasteiger partial charge in [-0.1, -0.05) is 0 Å². The quantitative estimate of drug-likeness (QED) is 0.844. The van der Waals surface area contributed by atoms with Crippen LogP contribution in [0.15, 0.2) is 36.8 Å². The average Bonchev–Trinajstić information content (AvgIpc) is 2.98. The molecule has 0 aliphatic carbocycles. The van der Waals surface area contributed by atoms with Crippen LogP contribution in [-0.4, -0.2) is 39.6 Å². The van der Waals surface area contributed by atoms with Crippen molar-refractivity contribution in [3.8, 4) is 5.88 Å². The normalized spacial score (nSPS) is 12.5. The van der Waals surface area contributed by atoms with E-state index in [4.69, 9.17) is 0 Å². The Hall–Kier alpha value is -2.78. The van der Waals surface area contributed by atoms with Gasteiger partial charge in [0.2, 0.25) is 5.88 Å². The number of hydrogen-bond acceptors (Lipinski definition) is 4. The van der Waals surface area contributed by atoms with E-state index in [9.17, 15) is 18.0 Å². The second-order valence-electron chi connectivity index (χ2n) is 5.02. The maximum atomic E-state index is 12.0. The third kappa shape index (κ3) is 6.15. The molecule has 0 aliphatic rings. The second kappa shape index (κ2) is 7.66. The summed E-state index contributed by atoms with van der Waals surface area (Å²) in [5.41, 5.74) is 0.332. The smallest absolute Gasteiger partial charge is 0.422 e. The number of carbonyl (C=O) groups is 1. The fraction of sp³-hybridized carbons (Fsp3) is 0.357. The van der Waals surface area contributed by atoms with Crippen LogP contribution in [0.5, 0.6) is 5.88 Å². The molecule has 0 spiro atoms. The zero-order valence-electron chi connectivity index (χ0n) is 12.7. The molecule has 10 heteroatoms. The van der Waals surface area contributed by atoms with Crippen LogP contribution in [0.1, 0.15) is 6.92 Å². The number of amides is 2. The van der Waals surface area contributed by atoms with E-state index in [0.29, 0.717) is 12.2 Å². The largest absolute Gasteiger partial charge is 0.468 e. The number of alkyl halides is 3. The number of aromatic nitrogens is 3. The topological polar surface area (TPSA) is 81.1 Å². The Kier molecular flexibility index (Phi) is 5.61. The van der Waals surface area contributed by atoms with Gasteiger partial charge in [-0.3, -0.25) is 4.68 Å². The monoisotopic (exact) mass is 343 g/mol. The predicted molar refractivity (Wildman–Crippen MR) is 79.6 cm³/mol. The minimum absolute atomic E-state index is 0.174. The van der Waals surface area contributed by atoms with E-state index in [2.05, 4.69) is 25.5 Å². The molecule has 0 radical (unpaired) electrons. The van der Waals surface area contributed by atoms with Gasteiger partial charge in [-0.2, -0.15) is 18.3 Å². The van der Waals surface area contributed by atoms with Crippen molar-refractivity contribution in [3.05, 3.63) is 36.8 Å². The molecular formula is C14H16F3N5O2. The van der Waals surface area contributed by atoms with E-state index in [1.807, 2.05) is 6.92 Å². The summed E-state index contributed by atoms with van der Waals surface area (Å²) in [5.74, 6) is -0.176. The third-order valence-corrected chi connectivity index (χ3v) is 2.78. The van der Waals surface area contributed by atoms with Gasteiger partial charge in [0, 0.05) is 24.5 Å². The highest BCUT2D eigenvalue weighted by atomic mass is 19.4. The number of nitrogens with one attached hydrogen (secondary N) is 2. The molecule has 2 N–H and O–H groups in total. The van der Waals surface area contributed by atoms with Gasteiger partial charge >= 0.3 is 12.2 Å². The molecule has 0 aromatic carbocycles. The van der Waals surface area contributed by atoms with Crippen molar-refractivity contribution in [2.75, 3.05) is 11.9 Å². The van der Waals surface area contributed by atoms with E-state index >= 15 is 0 Å². The Labute approximate surface area is 135 Å². The molecule has 1 atom stereocenters. The highest BCUT2D eigenvalue weighted by Crippen LogP contribution is 2.17. The van der Waals surface area contributed by atoms with Crippen LogP contribution in [0, 0.1) is 0 Å². The summed E-state index contributed by atoms with van der Waals surface area (Å²) in [6.07, 6.45) is 0.202. The summed E-state index contributed by atoms with van der Waals surface area (Å²) in [5, 5.41) is 9.27. The van der Waals surface area contributed by atoms with Gasteiger partial charge in [-0.15, -0.1) is 0 Å². The number of urea groups is 1. The third-order valence-electron chi connectivity index (χ3n) is 2.78. The van der Waals surface area contributed by atoms with Gasteiger partial charge in [-0.05, 0) is 19.1 Å². The number of rotatable bonds is 6. The first-order valence-electron chi connectivity index (χ1n) is 7.02. The van der Waals surface area contributed by atoms with E-state index in [-0.39, 0.29) is 11.9 Å². The number of ether oxygens (including phenoxy) is 1. The first-order valence-corrected chi connectivity index (χ1v) is 7.02. The van der Waals surface area contributed by atoms with Crippen LogP contribution in [0.25, 0.3) is 0 Å². The summed E-state index contributed by atoms with van der Waals surface area (Å²) in [4.78, 5) is 15.5. The van der Waals surface area contributed by atoms with Gasteiger partial charge in [0.25, 0.3) is 0 Å². The minimum Gasteiger partial charge on any atom is -0.468 e. The average molecular weight is 343 g/mol. The van der Waals surface area contributed by atoms with Gasteiger partial charge in [0.1, 0.15) is 0 Å². The van der Waals surface area contributed by atoms with Crippen LogP contribution in [0.2, 0.25) is 0 Å². The van der Waals surface area contributed by atoms with Gasteiger partial charge < -0.3 is 15.4 Å². The minimum atomic E-state index is -4.43. The van der Waals surface area contributed by atoms with Gasteiger partial charge in [0.15, 0.2) is 6.61 Å². The molecule has 7 nitrogen and oxygen atoms in total. The number of halogens is 3. The van der Waals surface area contributed by atoms with Crippen molar-refractivity contribution in [3.63, 3.8) is 0 Å². The molecule has 2 rings (SSSR count). The summed E-state index contributed by atoms with van der Waals surface area (Å²) in [7, 11) is 0. The molecule has 0 saturated heterocycles. The summed E-state index contributed by atoms with van der Waals surface area (Å²) in [6.45, 7) is 0.898. The molecule has 2 amide bonds. The molecular weight excluding hydrogens is 327 g/mol. The molecule has 0 aliphatic heterocycles. The Balaban J connectivity index is 1.79. The number of pyridine rings is 1. The molecule has 2 aromatic rings. The first-order chi connectivity index (χ1) is 11.3. The van der Waals surface area contributed by atoms with E-state index < -0.39 is 18.8 Å². The van der Waals surface area contributed by atoms with Crippen LogP contribution in [0.4, 0.5) is 23.7 Å². The van der Waals surface area contributed by atoms with E-state index in [0.717, 1.165) is 0 Å². The van der Waals surface area contributed by atoms with Crippen LogP contribution < -0.4 is 15.4 Å². The van der Waals surface area contributed by atoms with Crippen molar-refractivity contribution in [2.24, 2.45) is 0 Å². The van der Waals surface area contributed by atoms with Crippen molar-refractivity contribution in [1.29, 1.82) is 0 Å². The van der Waals surface area contributed by atoms with Crippen molar-refractivity contribution in [1.82, 2.24) is 20.1 Å². The predicted octanol–water partition coefficient (Wildman–Crippen LogP) is 2.43. The van der Waals surface area contributed by atoms with Gasteiger partial charge in [-0.25, -0.2) is 9.78 Å². The number of nitrogens with zero attached hydrogens (tertiary/aromatic N) is 3. The van der Waals surface area contributed by atoms with Crippen molar-refractivity contribution in [2.45, 2.75) is 25.7 Å². The lowest BCUT2D eigenvalue weighted by Gasteiger charge is -2.14. The first kappa shape index (κ1) is 17.6. The standard InChI is InChI=1S/C14H16F3N5O2/c1-10(8-22-6-2-5-19-22)20-13(23)21-11-3-4-12(18-7-11)24-9-14(15,16)17/h2-7,10H,8-9H2,1H3,(H2,20,21,23)/t10-/m0/s1. The maximum Gasteiger partial charge on any atom is 0.422 e. The molecule has 0 bridgehead atoms. The fourth-order valence-corrected chi connectivity index (χ4v) is 1.82. The number of anilines is 1. The zero-order valence-corrected chi connectivity index (χ0v) is 12.7. The molecule has 130 valence electrons. The SMILES string of the molecule is C[C@@H](Cn1cccn1)NC(=O)Nc1ccc(OCC(F)(F)F)nc1. The van der Waals surface area contributed by atoms with Crippen LogP contribution >= 0.6 is 0 Å². The molecule has 0 fully saturated rings. The van der Waals surface area contributed by atoms with Crippen LogP contribution in [-0.2, 0) is 6.54 Å². The van der Waals surface area contributed by atoms with Crippen LogP contribution in [0.3, 0.4) is 0 Å². The second-order valence-corrected chi connectivity index (χ2v) is 5.02. The summed E-state index contributed by atoms with van der Waals surface area (Å²) >= 11 is 0. The molecule has 24 heavy (non-hydrogen) atoms. The lowest BCUT2D eigenvalue weighted by Crippen LogP contribution is -2.38. The number of hydrogen-bond donors (Lipinski definition) is 2. The highest BCUT2D eigenvalue weighted by Gasteiger charge is 2.28. The zero-order chi connectivity index (χ0) is 17.6. The highest BCUT2D eigenvalue weighted by molar-refractivity contribution is 5.89. The van der Waals surface area contributed by atoms with Crippen molar-refractivity contribution >= 4 is 11.7 Å². The van der Waals surface area contributed by atoms with E-state index in [1.54, 1.807) is 23.1 Å². The van der Waals surface area contributed by atoms with E-state index in [1.165, 1.54) is 18.3 Å². The summed E-state index contributed by atoms with van der Waals surface area (Å²) < 4.78 is 42.2.